The summed E-state index contributed by atoms with van der Waals surface area (Å²) in [6.07, 6.45) is 2.63. The first-order valence-electron chi connectivity index (χ1n) is 7.60. The number of nitrogens with one attached hydrogen (secondary N) is 2. The summed E-state index contributed by atoms with van der Waals surface area (Å²) in [4.78, 5) is 14.4. The number of carbonyl (C=O) groups is 1. The fourth-order valence-corrected chi connectivity index (χ4v) is 2.87. The molecule has 4 nitrogen and oxygen atoms in total. The highest BCUT2D eigenvalue weighted by Gasteiger charge is 2.24. The van der Waals surface area contributed by atoms with Crippen LogP contribution in [0.25, 0.3) is 0 Å². The van der Waals surface area contributed by atoms with Crippen molar-refractivity contribution in [2.75, 3.05) is 26.2 Å². The molecule has 1 amide bonds. The molecule has 3 rings (SSSR count). The zero-order valence-corrected chi connectivity index (χ0v) is 13.1. The van der Waals surface area contributed by atoms with Crippen molar-refractivity contribution in [1.82, 2.24) is 15.5 Å². The third-order valence-corrected chi connectivity index (χ3v) is 4.32. The highest BCUT2D eigenvalue weighted by Crippen LogP contribution is 2.16. The summed E-state index contributed by atoms with van der Waals surface area (Å²) in [5, 5.41) is 6.20. The molecule has 1 aromatic carbocycles. The van der Waals surface area contributed by atoms with Crippen molar-refractivity contribution in [1.29, 1.82) is 0 Å². The van der Waals surface area contributed by atoms with Crippen LogP contribution in [-0.2, 0) is 17.9 Å². The molecule has 2 heterocycles. The van der Waals surface area contributed by atoms with Crippen LogP contribution in [0.1, 0.15) is 24.0 Å². The van der Waals surface area contributed by atoms with Crippen LogP contribution in [0.4, 0.5) is 0 Å². The van der Waals surface area contributed by atoms with Crippen molar-refractivity contribution >= 4 is 18.3 Å². The Morgan fingerprint density at radius 2 is 1.86 bits per heavy atom. The molecule has 0 aromatic heterocycles. The van der Waals surface area contributed by atoms with E-state index in [1.807, 2.05) is 0 Å². The molecular weight excluding hydrogens is 286 g/mol. The lowest BCUT2D eigenvalue weighted by Gasteiger charge is -2.26. The second-order valence-corrected chi connectivity index (χ2v) is 5.82. The minimum absolute atomic E-state index is 0. The summed E-state index contributed by atoms with van der Waals surface area (Å²) in [5.41, 5.74) is 2.60. The van der Waals surface area contributed by atoms with Crippen LogP contribution in [0.5, 0.6) is 0 Å². The zero-order chi connectivity index (χ0) is 13.8. The number of hydrogen-bond acceptors (Lipinski definition) is 3. The average molecular weight is 310 g/mol. The van der Waals surface area contributed by atoms with Crippen molar-refractivity contribution in [2.24, 2.45) is 5.92 Å². The van der Waals surface area contributed by atoms with Gasteiger partial charge in [0.25, 0.3) is 0 Å². The van der Waals surface area contributed by atoms with Crippen LogP contribution < -0.4 is 10.6 Å². The average Bonchev–Trinajstić information content (AvgIpc) is 2.88. The molecule has 5 heteroatoms. The van der Waals surface area contributed by atoms with Gasteiger partial charge in [0.1, 0.15) is 0 Å². The highest BCUT2D eigenvalue weighted by molar-refractivity contribution is 5.85. The number of benzene rings is 1. The molecule has 2 N–H and O–H groups in total. The van der Waals surface area contributed by atoms with Crippen LogP contribution in [-0.4, -0.2) is 37.0 Å². The normalized spacial score (nSPS) is 18.9. The van der Waals surface area contributed by atoms with Gasteiger partial charge < -0.3 is 10.6 Å². The largest absolute Gasteiger partial charge is 0.352 e. The van der Waals surface area contributed by atoms with Gasteiger partial charge in [-0.3, -0.25) is 9.69 Å². The second-order valence-electron chi connectivity index (χ2n) is 5.82. The van der Waals surface area contributed by atoms with Crippen LogP contribution in [0.3, 0.4) is 0 Å². The Kier molecular flexibility index (Phi) is 6.03. The van der Waals surface area contributed by atoms with Gasteiger partial charge in [-0.1, -0.05) is 24.3 Å². The molecule has 0 bridgehead atoms. The molecule has 0 aliphatic carbocycles. The Morgan fingerprint density at radius 1 is 1.19 bits per heavy atom. The van der Waals surface area contributed by atoms with E-state index >= 15 is 0 Å². The molecule has 2 aliphatic heterocycles. The standard InChI is InChI=1S/C16H23N3O.ClH/c20-16(15-9-17-10-15)18-11-13-5-1-2-6-14(13)12-19-7-3-4-8-19;/h1-2,5-6,15,17H,3-4,7-12H2,(H,18,20);1H. The van der Waals surface area contributed by atoms with E-state index in [1.165, 1.54) is 37.1 Å². The third-order valence-electron chi connectivity index (χ3n) is 4.32. The predicted octanol–water partition coefficient (Wildman–Crippen LogP) is 1.54. The Morgan fingerprint density at radius 3 is 2.48 bits per heavy atom. The summed E-state index contributed by atoms with van der Waals surface area (Å²) >= 11 is 0. The number of amides is 1. The van der Waals surface area contributed by atoms with Gasteiger partial charge in [-0.25, -0.2) is 0 Å². The number of carbonyl (C=O) groups excluding carboxylic acids is 1. The monoisotopic (exact) mass is 309 g/mol. The van der Waals surface area contributed by atoms with Gasteiger partial charge in [-0.15, -0.1) is 12.4 Å². The first kappa shape index (κ1) is 16.3. The first-order valence-corrected chi connectivity index (χ1v) is 7.60. The first-order chi connectivity index (χ1) is 9.83. The molecular formula is C16H24ClN3O. The van der Waals surface area contributed by atoms with Gasteiger partial charge in [0.15, 0.2) is 0 Å². The van der Waals surface area contributed by atoms with Crippen molar-refractivity contribution in [3.63, 3.8) is 0 Å². The molecule has 0 atom stereocenters. The second kappa shape index (κ2) is 7.78. The van der Waals surface area contributed by atoms with Crippen LogP contribution in [0.2, 0.25) is 0 Å². The molecule has 116 valence electrons. The topological polar surface area (TPSA) is 44.4 Å². The Labute approximate surface area is 132 Å². The van der Waals surface area contributed by atoms with E-state index in [2.05, 4.69) is 39.8 Å². The SMILES string of the molecule is Cl.O=C(NCc1ccccc1CN1CCCC1)C1CNC1. The van der Waals surface area contributed by atoms with Gasteiger partial charge in [0.05, 0.1) is 5.92 Å². The molecule has 0 unspecified atom stereocenters. The van der Waals surface area contributed by atoms with Gasteiger partial charge >= 0.3 is 0 Å². The Balaban J connectivity index is 0.00000161. The van der Waals surface area contributed by atoms with Gasteiger partial charge in [0.2, 0.25) is 5.91 Å². The third kappa shape index (κ3) is 4.19. The molecule has 0 saturated carbocycles. The predicted molar refractivity (Wildman–Crippen MR) is 86.4 cm³/mol. The minimum Gasteiger partial charge on any atom is -0.352 e. The maximum Gasteiger partial charge on any atom is 0.225 e. The van der Waals surface area contributed by atoms with Gasteiger partial charge in [0, 0.05) is 26.2 Å². The van der Waals surface area contributed by atoms with Crippen molar-refractivity contribution < 1.29 is 4.79 Å². The summed E-state index contributed by atoms with van der Waals surface area (Å²) in [6.45, 7) is 5.71. The number of nitrogens with zero attached hydrogens (tertiary/aromatic N) is 1. The summed E-state index contributed by atoms with van der Waals surface area (Å²) in [7, 11) is 0. The van der Waals surface area contributed by atoms with Crippen LogP contribution in [0, 0.1) is 5.92 Å². The molecule has 21 heavy (non-hydrogen) atoms. The van der Waals surface area contributed by atoms with Crippen molar-refractivity contribution in [2.45, 2.75) is 25.9 Å². The fourth-order valence-electron chi connectivity index (χ4n) is 2.87. The molecule has 2 aliphatic rings. The fraction of sp³-hybridized carbons (Fsp3) is 0.562. The van der Waals surface area contributed by atoms with E-state index in [-0.39, 0.29) is 24.2 Å². The van der Waals surface area contributed by atoms with E-state index < -0.39 is 0 Å². The number of likely N-dealkylation sites (tertiary alicyclic amines) is 1. The summed E-state index contributed by atoms with van der Waals surface area (Å²) < 4.78 is 0. The maximum atomic E-state index is 11.9. The smallest absolute Gasteiger partial charge is 0.225 e. The van der Waals surface area contributed by atoms with E-state index in [9.17, 15) is 4.79 Å². The molecule has 0 spiro atoms. The zero-order valence-electron chi connectivity index (χ0n) is 12.3. The molecule has 2 saturated heterocycles. The lowest BCUT2D eigenvalue weighted by atomic mass is 10.0. The molecule has 0 radical (unpaired) electrons. The van der Waals surface area contributed by atoms with E-state index in [4.69, 9.17) is 0 Å². The van der Waals surface area contributed by atoms with E-state index in [0.717, 1.165) is 19.6 Å². The number of rotatable bonds is 5. The van der Waals surface area contributed by atoms with Gasteiger partial charge in [-0.05, 0) is 37.1 Å². The summed E-state index contributed by atoms with van der Waals surface area (Å²) in [5.74, 6) is 0.348. The van der Waals surface area contributed by atoms with Gasteiger partial charge in [-0.2, -0.15) is 0 Å². The Bertz CT molecular complexity index is 470. The van der Waals surface area contributed by atoms with E-state index in [1.54, 1.807) is 0 Å². The Hall–Kier alpha value is -1.10. The maximum absolute atomic E-state index is 11.9. The van der Waals surface area contributed by atoms with Crippen molar-refractivity contribution in [3.05, 3.63) is 35.4 Å². The molecule has 1 aromatic rings. The van der Waals surface area contributed by atoms with Crippen LogP contribution >= 0.6 is 12.4 Å². The lowest BCUT2D eigenvalue weighted by Crippen LogP contribution is -2.50. The number of hydrogen-bond donors (Lipinski definition) is 2. The molecule has 2 fully saturated rings. The number of halogens is 1. The lowest BCUT2D eigenvalue weighted by molar-refractivity contribution is -0.126. The highest BCUT2D eigenvalue weighted by atomic mass is 35.5. The summed E-state index contributed by atoms with van der Waals surface area (Å²) in [6, 6.07) is 8.46. The van der Waals surface area contributed by atoms with E-state index in [0.29, 0.717) is 6.54 Å². The minimum atomic E-state index is 0. The quantitative estimate of drug-likeness (QED) is 0.867. The van der Waals surface area contributed by atoms with Crippen molar-refractivity contribution in [3.8, 4) is 0 Å². The van der Waals surface area contributed by atoms with Crippen LogP contribution in [0.15, 0.2) is 24.3 Å².